The Labute approximate surface area is 140 Å². The molecule has 0 saturated carbocycles. The molecule has 0 unspecified atom stereocenters. The Hall–Kier alpha value is -3.13. The van der Waals surface area contributed by atoms with Gasteiger partial charge in [0.2, 0.25) is 0 Å². The molecule has 2 rings (SSSR count). The molecular weight excluding hydrogens is 304 g/mol. The van der Waals surface area contributed by atoms with Crippen LogP contribution in [0.1, 0.15) is 18.1 Å². The summed E-state index contributed by atoms with van der Waals surface area (Å²) < 4.78 is 5.37. The van der Waals surface area contributed by atoms with Gasteiger partial charge in [-0.15, -0.1) is 0 Å². The lowest BCUT2D eigenvalue weighted by Crippen LogP contribution is -2.43. The molecule has 0 aliphatic heterocycles. The van der Waals surface area contributed by atoms with Gasteiger partial charge >= 0.3 is 0 Å². The lowest BCUT2D eigenvalue weighted by Gasteiger charge is -2.16. The molecule has 0 radical (unpaired) electrons. The van der Waals surface area contributed by atoms with Crippen LogP contribution in [0.25, 0.3) is 0 Å². The van der Waals surface area contributed by atoms with Gasteiger partial charge in [0.15, 0.2) is 12.4 Å². The molecule has 0 aromatic heterocycles. The minimum absolute atomic E-state index is 0.106. The predicted octanol–water partition coefficient (Wildman–Crippen LogP) is 2.25. The van der Waals surface area contributed by atoms with E-state index in [-0.39, 0.29) is 18.3 Å². The molecule has 5 nitrogen and oxygen atoms in total. The van der Waals surface area contributed by atoms with Crippen molar-refractivity contribution in [3.63, 3.8) is 0 Å². The van der Waals surface area contributed by atoms with Crippen LogP contribution in [0.3, 0.4) is 0 Å². The maximum atomic E-state index is 12.0. The minimum atomic E-state index is -0.579. The minimum Gasteiger partial charge on any atom is -0.484 e. The Morgan fingerprint density at radius 3 is 2.38 bits per heavy atom. The van der Waals surface area contributed by atoms with Crippen LogP contribution in [0.5, 0.6) is 5.75 Å². The van der Waals surface area contributed by atoms with E-state index in [1.54, 1.807) is 24.3 Å². The number of hydrogen-bond donors (Lipinski definition) is 1. The van der Waals surface area contributed by atoms with Crippen LogP contribution in [-0.2, 0) is 16.0 Å². The second-order valence-corrected chi connectivity index (χ2v) is 5.35. The molecule has 1 amide bonds. The first-order valence-corrected chi connectivity index (χ1v) is 7.55. The number of nitrogens with one attached hydrogen (secondary N) is 1. The van der Waals surface area contributed by atoms with E-state index in [1.807, 2.05) is 36.4 Å². The molecule has 0 aliphatic rings. The summed E-state index contributed by atoms with van der Waals surface area (Å²) in [7, 11) is 0. The third kappa shape index (κ3) is 5.25. The van der Waals surface area contributed by atoms with Gasteiger partial charge in [-0.2, -0.15) is 5.26 Å². The number of nitrogens with zero attached hydrogens (tertiary/aromatic N) is 1. The first kappa shape index (κ1) is 17.2. The predicted molar refractivity (Wildman–Crippen MR) is 89.4 cm³/mol. The van der Waals surface area contributed by atoms with E-state index in [2.05, 4.69) is 5.32 Å². The Morgan fingerprint density at radius 1 is 1.12 bits per heavy atom. The van der Waals surface area contributed by atoms with Gasteiger partial charge in [-0.1, -0.05) is 30.3 Å². The first-order chi connectivity index (χ1) is 11.6. The van der Waals surface area contributed by atoms with Crippen LogP contribution in [0.2, 0.25) is 0 Å². The molecule has 24 heavy (non-hydrogen) atoms. The monoisotopic (exact) mass is 322 g/mol. The van der Waals surface area contributed by atoms with E-state index in [4.69, 9.17) is 10.00 Å². The van der Waals surface area contributed by atoms with Crippen molar-refractivity contribution in [2.24, 2.45) is 0 Å². The molecule has 0 aliphatic carbocycles. The average molecular weight is 322 g/mol. The van der Waals surface area contributed by atoms with Crippen molar-refractivity contribution in [3.8, 4) is 11.8 Å². The van der Waals surface area contributed by atoms with Gasteiger partial charge in [0.1, 0.15) is 5.75 Å². The molecule has 0 fully saturated rings. The normalized spacial score (nSPS) is 11.2. The van der Waals surface area contributed by atoms with Crippen LogP contribution in [0, 0.1) is 11.3 Å². The van der Waals surface area contributed by atoms with Crippen LogP contribution >= 0.6 is 0 Å². The van der Waals surface area contributed by atoms with E-state index < -0.39 is 6.04 Å². The Kier molecular flexibility index (Phi) is 6.09. The Morgan fingerprint density at radius 2 is 1.79 bits per heavy atom. The number of ketones is 1. The summed E-state index contributed by atoms with van der Waals surface area (Å²) in [5.74, 6) is 0.0210. The summed E-state index contributed by atoms with van der Waals surface area (Å²) in [5.41, 5.74) is 1.50. The first-order valence-electron chi connectivity index (χ1n) is 7.55. The fraction of sp³-hybridized carbons (Fsp3) is 0.211. The molecule has 0 bridgehead atoms. The fourth-order valence-electron chi connectivity index (χ4n) is 2.16. The van der Waals surface area contributed by atoms with Crippen molar-refractivity contribution in [3.05, 3.63) is 65.7 Å². The SMILES string of the molecule is CC(=O)[C@H](Cc1ccccc1)NC(=O)COc1ccc(C#N)cc1. The standard InChI is InChI=1S/C19H18N2O3/c1-14(22)18(11-15-5-3-2-4-6-15)21-19(23)13-24-17-9-7-16(12-20)8-10-17/h2-10,18H,11,13H2,1H3,(H,21,23)/t18-/m0/s1. The van der Waals surface area contributed by atoms with E-state index in [0.717, 1.165) is 5.56 Å². The second-order valence-electron chi connectivity index (χ2n) is 5.35. The number of Topliss-reactive ketones (excluding diaryl/α,β-unsaturated/α-hetero) is 1. The summed E-state index contributed by atoms with van der Waals surface area (Å²) in [6.07, 6.45) is 0.443. The quantitative estimate of drug-likeness (QED) is 0.848. The van der Waals surface area contributed by atoms with Gasteiger partial charge in [-0.3, -0.25) is 9.59 Å². The van der Waals surface area contributed by atoms with E-state index in [1.165, 1.54) is 6.92 Å². The smallest absolute Gasteiger partial charge is 0.258 e. The van der Waals surface area contributed by atoms with Crippen LogP contribution in [0.15, 0.2) is 54.6 Å². The number of carbonyl (C=O) groups excluding carboxylic acids is 2. The van der Waals surface area contributed by atoms with Gasteiger partial charge in [0.25, 0.3) is 5.91 Å². The summed E-state index contributed by atoms with van der Waals surface area (Å²) >= 11 is 0. The van der Waals surface area contributed by atoms with E-state index in [9.17, 15) is 9.59 Å². The van der Waals surface area contributed by atoms with Crippen molar-refractivity contribution in [2.75, 3.05) is 6.61 Å². The maximum Gasteiger partial charge on any atom is 0.258 e. The lowest BCUT2D eigenvalue weighted by molar-refractivity contribution is -0.128. The van der Waals surface area contributed by atoms with Gasteiger partial charge in [-0.05, 0) is 43.2 Å². The maximum absolute atomic E-state index is 12.0. The molecule has 1 N–H and O–H groups in total. The molecule has 0 saturated heterocycles. The highest BCUT2D eigenvalue weighted by atomic mass is 16.5. The second kappa shape index (κ2) is 8.49. The number of hydrogen-bond acceptors (Lipinski definition) is 4. The van der Waals surface area contributed by atoms with Crippen molar-refractivity contribution in [1.82, 2.24) is 5.32 Å². The highest BCUT2D eigenvalue weighted by molar-refractivity contribution is 5.88. The van der Waals surface area contributed by atoms with Gasteiger partial charge < -0.3 is 10.1 Å². The number of amides is 1. The highest BCUT2D eigenvalue weighted by Crippen LogP contribution is 2.11. The zero-order valence-electron chi connectivity index (χ0n) is 13.4. The van der Waals surface area contributed by atoms with Crippen LogP contribution in [-0.4, -0.2) is 24.3 Å². The van der Waals surface area contributed by atoms with Crippen molar-refractivity contribution in [1.29, 1.82) is 5.26 Å². The average Bonchev–Trinajstić information content (AvgIpc) is 2.60. The number of ether oxygens (including phenoxy) is 1. The summed E-state index contributed by atoms with van der Waals surface area (Å²) in [5, 5.41) is 11.4. The van der Waals surface area contributed by atoms with Crippen LogP contribution in [0.4, 0.5) is 0 Å². The molecular formula is C19H18N2O3. The summed E-state index contributed by atoms with van der Waals surface area (Å²) in [4.78, 5) is 23.7. The number of rotatable bonds is 7. The van der Waals surface area contributed by atoms with E-state index in [0.29, 0.717) is 17.7 Å². The number of nitriles is 1. The zero-order chi connectivity index (χ0) is 17.4. The topological polar surface area (TPSA) is 79.2 Å². The van der Waals surface area contributed by atoms with Crippen molar-refractivity contribution in [2.45, 2.75) is 19.4 Å². The van der Waals surface area contributed by atoms with Crippen LogP contribution < -0.4 is 10.1 Å². The zero-order valence-corrected chi connectivity index (χ0v) is 13.4. The van der Waals surface area contributed by atoms with Gasteiger partial charge in [0.05, 0.1) is 17.7 Å². The molecule has 0 spiro atoms. The molecule has 5 heteroatoms. The largest absolute Gasteiger partial charge is 0.484 e. The molecule has 2 aromatic carbocycles. The molecule has 0 heterocycles. The summed E-state index contributed by atoms with van der Waals surface area (Å²) in [6, 6.07) is 17.4. The highest BCUT2D eigenvalue weighted by Gasteiger charge is 2.17. The Balaban J connectivity index is 1.88. The Bertz CT molecular complexity index is 733. The third-order valence-electron chi connectivity index (χ3n) is 3.46. The molecule has 1 atom stereocenters. The van der Waals surface area contributed by atoms with Gasteiger partial charge in [0, 0.05) is 0 Å². The third-order valence-corrected chi connectivity index (χ3v) is 3.46. The van der Waals surface area contributed by atoms with Crippen molar-refractivity contribution < 1.29 is 14.3 Å². The summed E-state index contributed by atoms with van der Waals surface area (Å²) in [6.45, 7) is 1.26. The lowest BCUT2D eigenvalue weighted by atomic mass is 10.0. The van der Waals surface area contributed by atoms with E-state index >= 15 is 0 Å². The molecule has 2 aromatic rings. The van der Waals surface area contributed by atoms with Crippen molar-refractivity contribution >= 4 is 11.7 Å². The fourth-order valence-corrected chi connectivity index (χ4v) is 2.16. The van der Waals surface area contributed by atoms with Gasteiger partial charge in [-0.25, -0.2) is 0 Å². The number of benzene rings is 2. The number of carbonyl (C=O) groups is 2. The molecule has 122 valence electrons.